The second kappa shape index (κ2) is 9.57. The largest absolute Gasteiger partial charge is 0.355 e. The van der Waals surface area contributed by atoms with Gasteiger partial charge in [0.25, 0.3) is 0 Å². The van der Waals surface area contributed by atoms with Crippen LogP contribution in [0.25, 0.3) is 0 Å². The highest BCUT2D eigenvalue weighted by molar-refractivity contribution is 7.89. The second-order valence-electron chi connectivity index (χ2n) is 8.29. The van der Waals surface area contributed by atoms with Crippen LogP contribution in [0.15, 0.2) is 29.2 Å². The van der Waals surface area contributed by atoms with Gasteiger partial charge in [-0.1, -0.05) is 24.6 Å². The topological polar surface area (TPSA) is 78.5 Å². The molecule has 1 aromatic rings. The zero-order valence-corrected chi connectivity index (χ0v) is 18.4. The molecule has 1 atom stereocenters. The molecule has 1 aromatic carbocycles. The summed E-state index contributed by atoms with van der Waals surface area (Å²) in [5, 5.41) is 6.44. The summed E-state index contributed by atoms with van der Waals surface area (Å²) in [4.78, 5) is 13.0. The van der Waals surface area contributed by atoms with Gasteiger partial charge in [-0.05, 0) is 63.2 Å². The van der Waals surface area contributed by atoms with Crippen LogP contribution in [-0.4, -0.2) is 51.4 Å². The van der Waals surface area contributed by atoms with Gasteiger partial charge >= 0.3 is 0 Å². The predicted molar refractivity (Wildman–Crippen MR) is 113 cm³/mol. The molecule has 0 radical (unpaired) electrons. The number of hydrogen-bond donors (Lipinski definition) is 2. The van der Waals surface area contributed by atoms with Crippen molar-refractivity contribution in [1.82, 2.24) is 14.9 Å². The monoisotopic (exact) mass is 429 g/mol. The summed E-state index contributed by atoms with van der Waals surface area (Å²) < 4.78 is 27.3. The smallest absolute Gasteiger partial charge is 0.243 e. The minimum Gasteiger partial charge on any atom is -0.355 e. The van der Waals surface area contributed by atoms with Crippen molar-refractivity contribution < 1.29 is 13.2 Å². The summed E-state index contributed by atoms with van der Waals surface area (Å²) in [7, 11) is -3.55. The van der Waals surface area contributed by atoms with Gasteiger partial charge in [0.05, 0.1) is 10.8 Å². The summed E-state index contributed by atoms with van der Waals surface area (Å²) in [5.74, 6) is -0.289. The van der Waals surface area contributed by atoms with Gasteiger partial charge in [0.15, 0.2) is 0 Å². The van der Waals surface area contributed by atoms with E-state index in [0.29, 0.717) is 24.4 Å². The van der Waals surface area contributed by atoms with Crippen LogP contribution in [-0.2, 0) is 14.8 Å². The average molecular weight is 430 g/mol. The number of nitrogens with zero attached hydrogens (tertiary/aromatic N) is 1. The molecule has 2 heterocycles. The molecule has 1 amide bonds. The lowest BCUT2D eigenvalue weighted by molar-refractivity contribution is -0.126. The minimum atomic E-state index is -3.55. The highest BCUT2D eigenvalue weighted by atomic mass is 35.5. The molecule has 6 nitrogen and oxygen atoms in total. The van der Waals surface area contributed by atoms with Crippen LogP contribution in [0.1, 0.15) is 38.2 Å². The molecule has 28 heavy (non-hydrogen) atoms. The van der Waals surface area contributed by atoms with E-state index in [1.807, 2.05) is 6.92 Å². The van der Waals surface area contributed by atoms with Crippen molar-refractivity contribution in [2.45, 2.75) is 44.4 Å². The molecule has 2 aliphatic heterocycles. The van der Waals surface area contributed by atoms with Gasteiger partial charge in [0, 0.05) is 19.6 Å². The quantitative estimate of drug-likeness (QED) is 0.752. The predicted octanol–water partition coefficient (Wildman–Crippen LogP) is 2.32. The SMILES string of the molecule is Cc1ccc(S(=O)(=O)N2CCCC(C(=O)NCC3(C)CCNCC3)C2)cc1.Cl. The van der Waals surface area contributed by atoms with Crippen molar-refractivity contribution >= 4 is 28.3 Å². The average Bonchev–Trinajstić information content (AvgIpc) is 2.67. The maximum absolute atomic E-state index is 12.9. The fraction of sp³-hybridized carbons (Fsp3) is 0.650. The van der Waals surface area contributed by atoms with E-state index >= 15 is 0 Å². The normalized spacial score (nSPS) is 22.9. The lowest BCUT2D eigenvalue weighted by Gasteiger charge is -2.35. The molecule has 2 N–H and O–H groups in total. The fourth-order valence-electron chi connectivity index (χ4n) is 3.89. The van der Waals surface area contributed by atoms with E-state index in [-0.39, 0.29) is 36.2 Å². The van der Waals surface area contributed by atoms with Crippen LogP contribution in [0.5, 0.6) is 0 Å². The molecule has 158 valence electrons. The Bertz CT molecular complexity index is 761. The zero-order chi connectivity index (χ0) is 19.5. The summed E-state index contributed by atoms with van der Waals surface area (Å²) >= 11 is 0. The minimum absolute atomic E-state index is 0. The number of carbonyl (C=O) groups is 1. The Kier molecular flexibility index (Phi) is 7.90. The first-order chi connectivity index (χ1) is 12.8. The number of aryl methyl sites for hydroxylation is 1. The molecule has 1 unspecified atom stereocenters. The molecule has 0 aliphatic carbocycles. The third kappa shape index (κ3) is 5.47. The molecule has 0 aromatic heterocycles. The Morgan fingerprint density at radius 3 is 2.54 bits per heavy atom. The van der Waals surface area contributed by atoms with Crippen LogP contribution >= 0.6 is 12.4 Å². The molecule has 2 aliphatic rings. The Labute approximate surface area is 174 Å². The standard InChI is InChI=1S/C20H31N3O3S.ClH/c1-16-5-7-18(8-6-16)27(25,26)23-13-3-4-17(14-23)19(24)22-15-20(2)9-11-21-12-10-20;/h5-8,17,21H,3-4,9-15H2,1-2H3,(H,22,24);1H. The van der Waals surface area contributed by atoms with Crippen LogP contribution < -0.4 is 10.6 Å². The Balaban J connectivity index is 0.00000280. The van der Waals surface area contributed by atoms with E-state index < -0.39 is 10.0 Å². The van der Waals surface area contributed by atoms with E-state index in [1.165, 1.54) is 4.31 Å². The number of sulfonamides is 1. The molecule has 0 saturated carbocycles. The third-order valence-electron chi connectivity index (χ3n) is 5.91. The maximum Gasteiger partial charge on any atom is 0.243 e. The van der Waals surface area contributed by atoms with E-state index in [0.717, 1.165) is 37.9 Å². The summed E-state index contributed by atoms with van der Waals surface area (Å²) in [5.41, 5.74) is 1.15. The van der Waals surface area contributed by atoms with Gasteiger partial charge in [-0.25, -0.2) is 8.42 Å². The Morgan fingerprint density at radius 1 is 1.25 bits per heavy atom. The Hall–Kier alpha value is -1.15. The second-order valence-corrected chi connectivity index (χ2v) is 10.2. The number of piperidine rings is 2. The summed E-state index contributed by atoms with van der Waals surface area (Å²) in [6.07, 6.45) is 3.55. The van der Waals surface area contributed by atoms with E-state index in [2.05, 4.69) is 17.6 Å². The number of carbonyl (C=O) groups excluding carboxylic acids is 1. The van der Waals surface area contributed by atoms with Gasteiger partial charge in [-0.15, -0.1) is 12.4 Å². The number of amides is 1. The summed E-state index contributed by atoms with van der Waals surface area (Å²) in [6.45, 7) is 7.51. The number of hydrogen-bond acceptors (Lipinski definition) is 4. The molecular weight excluding hydrogens is 398 g/mol. The molecule has 8 heteroatoms. The molecule has 0 spiro atoms. The molecule has 3 rings (SSSR count). The third-order valence-corrected chi connectivity index (χ3v) is 7.79. The van der Waals surface area contributed by atoms with Gasteiger partial charge in [-0.3, -0.25) is 4.79 Å². The molecule has 2 fully saturated rings. The number of rotatable bonds is 5. The maximum atomic E-state index is 12.9. The number of benzene rings is 1. The molecule has 0 bridgehead atoms. The van der Waals surface area contributed by atoms with Crippen molar-refractivity contribution in [3.05, 3.63) is 29.8 Å². The molecular formula is C20H32ClN3O3S. The number of halogens is 1. The van der Waals surface area contributed by atoms with Crippen molar-refractivity contribution in [1.29, 1.82) is 0 Å². The highest BCUT2D eigenvalue weighted by Gasteiger charge is 2.34. The van der Waals surface area contributed by atoms with E-state index in [1.54, 1.807) is 24.3 Å². The van der Waals surface area contributed by atoms with E-state index in [4.69, 9.17) is 0 Å². The Morgan fingerprint density at radius 2 is 1.89 bits per heavy atom. The van der Waals surface area contributed by atoms with Crippen molar-refractivity contribution in [2.24, 2.45) is 11.3 Å². The van der Waals surface area contributed by atoms with Crippen molar-refractivity contribution in [3.63, 3.8) is 0 Å². The van der Waals surface area contributed by atoms with Gasteiger partial charge in [-0.2, -0.15) is 4.31 Å². The van der Waals surface area contributed by atoms with E-state index in [9.17, 15) is 13.2 Å². The van der Waals surface area contributed by atoms with Gasteiger partial charge in [0.1, 0.15) is 0 Å². The molecule has 2 saturated heterocycles. The highest BCUT2D eigenvalue weighted by Crippen LogP contribution is 2.28. The first-order valence-electron chi connectivity index (χ1n) is 9.85. The number of nitrogens with one attached hydrogen (secondary N) is 2. The van der Waals surface area contributed by atoms with Crippen LogP contribution in [0.3, 0.4) is 0 Å². The zero-order valence-electron chi connectivity index (χ0n) is 16.7. The van der Waals surface area contributed by atoms with Crippen LogP contribution in [0.4, 0.5) is 0 Å². The lowest BCUT2D eigenvalue weighted by atomic mass is 9.81. The van der Waals surface area contributed by atoms with Crippen molar-refractivity contribution in [3.8, 4) is 0 Å². The van der Waals surface area contributed by atoms with Crippen LogP contribution in [0, 0.1) is 18.3 Å². The first-order valence-corrected chi connectivity index (χ1v) is 11.3. The van der Waals surface area contributed by atoms with Crippen molar-refractivity contribution in [2.75, 3.05) is 32.7 Å². The van der Waals surface area contributed by atoms with Crippen LogP contribution in [0.2, 0.25) is 0 Å². The van der Waals surface area contributed by atoms with Gasteiger partial charge in [0.2, 0.25) is 15.9 Å². The summed E-state index contributed by atoms with van der Waals surface area (Å²) in [6, 6.07) is 6.90. The lowest BCUT2D eigenvalue weighted by Crippen LogP contribution is -2.48. The first kappa shape index (κ1) is 23.1. The van der Waals surface area contributed by atoms with Gasteiger partial charge < -0.3 is 10.6 Å². The fourth-order valence-corrected chi connectivity index (χ4v) is 5.41.